The lowest BCUT2D eigenvalue weighted by Crippen LogP contribution is -2.25. The number of hydrogen-bond acceptors (Lipinski definition) is 4. The average molecular weight is 370 g/mol. The zero-order valence-corrected chi connectivity index (χ0v) is 14.2. The number of hydrogen-bond donors (Lipinski definition) is 2. The lowest BCUT2D eigenvalue weighted by atomic mass is 10.2. The molecule has 0 saturated heterocycles. The zero-order valence-electron chi connectivity index (χ0n) is 14.2. The summed E-state index contributed by atoms with van der Waals surface area (Å²) in [4.78, 5) is 23.8. The number of halogens is 3. The number of anilines is 1. The van der Waals surface area contributed by atoms with E-state index in [1.807, 2.05) is 0 Å². The summed E-state index contributed by atoms with van der Waals surface area (Å²) in [6.45, 7) is 4.85. The molecule has 1 aromatic carbocycles. The van der Waals surface area contributed by atoms with E-state index in [2.05, 4.69) is 0 Å². The monoisotopic (exact) mass is 370 g/mol. The van der Waals surface area contributed by atoms with Gasteiger partial charge in [-0.25, -0.2) is 9.59 Å². The second-order valence-corrected chi connectivity index (χ2v) is 6.53. The van der Waals surface area contributed by atoms with Crippen molar-refractivity contribution in [3.63, 3.8) is 0 Å². The molecular formula is C17H17F3N2O4. The molecule has 9 heteroatoms. The van der Waals surface area contributed by atoms with Gasteiger partial charge >= 0.3 is 18.1 Å². The fourth-order valence-electron chi connectivity index (χ4n) is 2.24. The van der Waals surface area contributed by atoms with Crippen LogP contribution in [0.4, 0.5) is 18.9 Å². The van der Waals surface area contributed by atoms with Crippen LogP contribution in [0.25, 0.3) is 5.69 Å². The third-order valence-corrected chi connectivity index (χ3v) is 3.34. The summed E-state index contributed by atoms with van der Waals surface area (Å²) in [5, 5.41) is 9.22. The molecule has 140 valence electrons. The smallest absolute Gasteiger partial charge is 0.416 e. The maximum Gasteiger partial charge on any atom is 0.416 e. The van der Waals surface area contributed by atoms with E-state index >= 15 is 0 Å². The molecule has 1 aromatic heterocycles. The van der Waals surface area contributed by atoms with E-state index in [0.29, 0.717) is 0 Å². The van der Waals surface area contributed by atoms with Crippen LogP contribution in [-0.4, -0.2) is 27.2 Å². The molecule has 0 saturated carbocycles. The standard InChI is InChI=1S/C17H17F3N2O4/c1-16(2,3)26-15(25)13-12(21)11(14(23)24)8-22(13)10-6-4-9(5-7-10)17(18,19)20/h4-8H,21H2,1-3H3,(H,23,24). The Labute approximate surface area is 147 Å². The molecule has 0 bridgehead atoms. The van der Waals surface area contributed by atoms with E-state index < -0.39 is 29.3 Å². The molecule has 0 unspecified atom stereocenters. The fraction of sp³-hybridized carbons (Fsp3) is 0.294. The molecule has 0 amide bonds. The first-order valence-electron chi connectivity index (χ1n) is 7.46. The Hall–Kier alpha value is -2.97. The van der Waals surface area contributed by atoms with E-state index in [1.165, 1.54) is 0 Å². The van der Waals surface area contributed by atoms with E-state index in [9.17, 15) is 27.9 Å². The number of nitrogen functional groups attached to an aromatic ring is 1. The number of carboxylic acid groups (broad SMARTS) is 1. The number of alkyl halides is 3. The molecular weight excluding hydrogens is 353 g/mol. The highest BCUT2D eigenvalue weighted by atomic mass is 19.4. The minimum absolute atomic E-state index is 0.137. The minimum Gasteiger partial charge on any atom is -0.478 e. The molecule has 2 aromatic rings. The van der Waals surface area contributed by atoms with Crippen molar-refractivity contribution in [1.29, 1.82) is 0 Å². The van der Waals surface area contributed by atoms with E-state index in [-0.39, 0.29) is 22.6 Å². The van der Waals surface area contributed by atoms with Gasteiger partial charge in [0.15, 0.2) is 5.69 Å². The highest BCUT2D eigenvalue weighted by Crippen LogP contribution is 2.31. The maximum absolute atomic E-state index is 12.7. The van der Waals surface area contributed by atoms with Crippen LogP contribution in [0.1, 0.15) is 47.2 Å². The molecule has 0 aliphatic rings. The Morgan fingerprint density at radius 3 is 2.08 bits per heavy atom. The van der Waals surface area contributed by atoms with Crippen molar-refractivity contribution in [3.05, 3.63) is 47.3 Å². The third kappa shape index (κ3) is 3.98. The lowest BCUT2D eigenvalue weighted by Gasteiger charge is -2.20. The quantitative estimate of drug-likeness (QED) is 0.803. The van der Waals surface area contributed by atoms with Gasteiger partial charge in [0.2, 0.25) is 0 Å². The summed E-state index contributed by atoms with van der Waals surface area (Å²) in [5.74, 6) is -2.26. The number of aromatic carboxylic acids is 1. The number of carbonyl (C=O) groups is 2. The normalized spacial score (nSPS) is 12.1. The van der Waals surface area contributed by atoms with Gasteiger partial charge in [0, 0.05) is 11.9 Å². The van der Waals surface area contributed by atoms with Gasteiger partial charge in [0.05, 0.1) is 11.3 Å². The van der Waals surface area contributed by atoms with Crippen molar-refractivity contribution in [3.8, 4) is 5.69 Å². The molecule has 0 radical (unpaired) electrons. The van der Waals surface area contributed by atoms with Crippen LogP contribution in [-0.2, 0) is 10.9 Å². The minimum atomic E-state index is -4.52. The summed E-state index contributed by atoms with van der Waals surface area (Å²) in [5.41, 5.74) is 3.22. The van der Waals surface area contributed by atoms with Crippen molar-refractivity contribution >= 4 is 17.6 Å². The number of ether oxygens (including phenoxy) is 1. The molecule has 0 fully saturated rings. The Kier molecular flexibility index (Phi) is 4.76. The molecule has 0 atom stereocenters. The number of esters is 1. The highest BCUT2D eigenvalue weighted by molar-refractivity contribution is 6.03. The molecule has 3 N–H and O–H groups in total. The number of nitrogens with two attached hydrogens (primary N) is 1. The molecule has 1 heterocycles. The second kappa shape index (κ2) is 6.40. The SMILES string of the molecule is CC(C)(C)OC(=O)c1c(N)c(C(=O)O)cn1-c1ccc(C(F)(F)F)cc1. The Bertz CT molecular complexity index is 847. The molecule has 0 aliphatic carbocycles. The van der Waals surface area contributed by atoms with Crippen LogP contribution < -0.4 is 5.73 Å². The number of benzene rings is 1. The van der Waals surface area contributed by atoms with Crippen LogP contribution in [0.3, 0.4) is 0 Å². The van der Waals surface area contributed by atoms with Crippen molar-refractivity contribution in [1.82, 2.24) is 4.57 Å². The number of carbonyl (C=O) groups excluding carboxylic acids is 1. The first-order chi connectivity index (χ1) is 11.8. The summed E-state index contributed by atoms with van der Waals surface area (Å²) in [6, 6.07) is 3.87. The fourth-order valence-corrected chi connectivity index (χ4v) is 2.24. The Morgan fingerprint density at radius 2 is 1.65 bits per heavy atom. The molecule has 26 heavy (non-hydrogen) atoms. The van der Waals surface area contributed by atoms with Crippen molar-refractivity contribution in [2.24, 2.45) is 0 Å². The topological polar surface area (TPSA) is 94.6 Å². The van der Waals surface area contributed by atoms with Gasteiger partial charge in [-0.2, -0.15) is 13.2 Å². The van der Waals surface area contributed by atoms with Gasteiger partial charge < -0.3 is 20.1 Å². The van der Waals surface area contributed by atoms with Crippen molar-refractivity contribution in [2.45, 2.75) is 32.5 Å². The van der Waals surface area contributed by atoms with Gasteiger partial charge in [-0.05, 0) is 45.0 Å². The average Bonchev–Trinajstić information content (AvgIpc) is 2.82. The summed E-state index contributed by atoms with van der Waals surface area (Å²) in [7, 11) is 0. The van der Waals surface area contributed by atoms with Crippen LogP contribution in [0.5, 0.6) is 0 Å². The second-order valence-electron chi connectivity index (χ2n) is 6.53. The van der Waals surface area contributed by atoms with Crippen LogP contribution >= 0.6 is 0 Å². The van der Waals surface area contributed by atoms with Crippen LogP contribution in [0, 0.1) is 0 Å². The van der Waals surface area contributed by atoms with Gasteiger partial charge in [0.1, 0.15) is 11.2 Å². The van der Waals surface area contributed by atoms with Gasteiger partial charge in [0.25, 0.3) is 0 Å². The third-order valence-electron chi connectivity index (χ3n) is 3.34. The van der Waals surface area contributed by atoms with Gasteiger partial charge in [-0.1, -0.05) is 0 Å². The number of aromatic nitrogens is 1. The highest BCUT2D eigenvalue weighted by Gasteiger charge is 2.31. The molecule has 2 rings (SSSR count). The van der Waals surface area contributed by atoms with E-state index in [1.54, 1.807) is 20.8 Å². The van der Waals surface area contributed by atoms with Crippen molar-refractivity contribution in [2.75, 3.05) is 5.73 Å². The lowest BCUT2D eigenvalue weighted by molar-refractivity contribution is -0.137. The Morgan fingerprint density at radius 1 is 1.12 bits per heavy atom. The number of carboxylic acids is 1. The predicted octanol–water partition coefficient (Wildman–Crippen LogP) is 3.73. The predicted molar refractivity (Wildman–Crippen MR) is 87.3 cm³/mol. The number of nitrogens with zero attached hydrogens (tertiary/aromatic N) is 1. The summed E-state index contributed by atoms with van der Waals surface area (Å²) < 4.78 is 44.5. The summed E-state index contributed by atoms with van der Waals surface area (Å²) >= 11 is 0. The first-order valence-corrected chi connectivity index (χ1v) is 7.46. The Balaban J connectivity index is 2.59. The summed E-state index contributed by atoms with van der Waals surface area (Å²) in [6.07, 6.45) is -3.45. The molecule has 6 nitrogen and oxygen atoms in total. The molecule has 0 spiro atoms. The van der Waals surface area contributed by atoms with Crippen LogP contribution in [0.2, 0.25) is 0 Å². The van der Waals surface area contributed by atoms with Crippen LogP contribution in [0.15, 0.2) is 30.5 Å². The maximum atomic E-state index is 12.7. The largest absolute Gasteiger partial charge is 0.478 e. The number of rotatable bonds is 3. The van der Waals surface area contributed by atoms with Crippen molar-refractivity contribution < 1.29 is 32.6 Å². The van der Waals surface area contributed by atoms with E-state index in [0.717, 1.165) is 35.0 Å². The molecule has 0 aliphatic heterocycles. The van der Waals surface area contributed by atoms with Gasteiger partial charge in [-0.15, -0.1) is 0 Å². The zero-order chi connectivity index (χ0) is 19.9. The van der Waals surface area contributed by atoms with E-state index in [4.69, 9.17) is 10.5 Å². The first kappa shape index (κ1) is 19.4. The van der Waals surface area contributed by atoms with Gasteiger partial charge in [-0.3, -0.25) is 0 Å².